The second-order valence-electron chi connectivity index (χ2n) is 25.0. The van der Waals surface area contributed by atoms with E-state index in [2.05, 4.69) is 253 Å². The van der Waals surface area contributed by atoms with E-state index in [1.165, 1.54) is 10.8 Å². The minimum Gasteiger partial charge on any atom is -0.457 e. The molecule has 0 saturated heterocycles. The molecule has 2 aliphatic rings. The smallest absolute Gasteiger partial charge is 0.132 e. The van der Waals surface area contributed by atoms with Crippen LogP contribution in [0, 0.1) is 22.7 Å². The van der Waals surface area contributed by atoms with E-state index in [9.17, 15) is 10.5 Å². The molecular weight excluding hydrogens is 1160 g/mol. The highest BCUT2D eigenvalue weighted by molar-refractivity contribution is 6.14. The monoisotopic (exact) mass is 1210 g/mol. The number of pyridine rings is 3. The molecule has 21 rings (SSSR count). The maximum atomic E-state index is 10.3. The average molecular weight is 1210 g/mol. The van der Waals surface area contributed by atoms with Crippen LogP contribution in [0.1, 0.15) is 33.4 Å². The van der Waals surface area contributed by atoms with Crippen LogP contribution in [0.25, 0.3) is 149 Å². The summed E-state index contributed by atoms with van der Waals surface area (Å²) in [5.41, 5.74) is 20.0. The maximum absolute atomic E-state index is 10.3. The van der Waals surface area contributed by atoms with Gasteiger partial charge in [0.1, 0.15) is 11.5 Å². The second-order valence-corrected chi connectivity index (χ2v) is 25.0. The summed E-state index contributed by atoms with van der Waals surface area (Å²) in [6.07, 6.45) is 7.78. The summed E-state index contributed by atoms with van der Waals surface area (Å²) >= 11 is 0. The quantitative estimate of drug-likeness (QED) is 0.169. The molecule has 0 N–H and O–H groups in total. The Morgan fingerprint density at radius 2 is 0.611 bits per heavy atom. The number of hydrogen-bond donors (Lipinski definition) is 0. The van der Waals surface area contributed by atoms with Crippen LogP contribution in [-0.4, -0.2) is 37.8 Å². The molecule has 0 amide bonds. The number of nitrogens with zero attached hydrogens (tertiary/aromatic N) is 10. The van der Waals surface area contributed by atoms with Gasteiger partial charge in [0.15, 0.2) is 0 Å². The van der Waals surface area contributed by atoms with Crippen LogP contribution in [0.2, 0.25) is 0 Å². The minimum atomic E-state index is -1.19. The Morgan fingerprint density at radius 3 is 1.04 bits per heavy atom. The molecular formula is C84H46N10O. The summed E-state index contributed by atoms with van der Waals surface area (Å²) < 4.78 is 19.2. The first-order chi connectivity index (χ1) is 47.0. The van der Waals surface area contributed by atoms with Gasteiger partial charge in [-0.25, -0.2) is 0 Å². The van der Waals surface area contributed by atoms with Crippen LogP contribution in [-0.2, 0) is 5.41 Å². The van der Waals surface area contributed by atoms with Crippen LogP contribution in [0.5, 0.6) is 11.5 Å². The van der Waals surface area contributed by atoms with Crippen molar-refractivity contribution in [2.45, 2.75) is 5.41 Å². The Balaban J connectivity index is 0.885. The third kappa shape index (κ3) is 6.81. The highest BCUT2D eigenvalue weighted by Crippen LogP contribution is 2.63. The van der Waals surface area contributed by atoms with E-state index in [0.29, 0.717) is 22.6 Å². The van der Waals surface area contributed by atoms with Gasteiger partial charge in [-0.1, -0.05) is 109 Å². The van der Waals surface area contributed by atoms with Crippen LogP contribution >= 0.6 is 0 Å². The van der Waals surface area contributed by atoms with Gasteiger partial charge in [-0.3, -0.25) is 15.0 Å². The summed E-state index contributed by atoms with van der Waals surface area (Å²) in [7, 11) is 0. The van der Waals surface area contributed by atoms with E-state index < -0.39 is 5.41 Å². The topological polar surface area (TPSA) is 120 Å². The predicted molar refractivity (Wildman–Crippen MR) is 378 cm³/mol. The molecule has 19 aromatic rings. The standard InChI is InChI=1S/C84H46N10O/c85-44-49-25-30-76-63(37-49)64-38-50(45-86)26-31-77(64)94(76)55-43-69-83(89-47-55)82-68(42-54(46-88-82)93-73-22-10-3-15-58(73)59-16-4-11-23-74(59)93)84(69)66-40-52(28-33-80(66)95-81-34-29-53(41-67(81)84)92-72-21-9-5-17-60(72)62-35-36-87-48-79(62)92)91-75-24-12-6-18-61(75)65-39-51(27-32-78(65)91)90-70-19-7-1-13-56(70)57-14-2-8-20-71(57)90/h1-43,46-48H. The van der Waals surface area contributed by atoms with Crippen molar-refractivity contribution in [2.75, 3.05) is 0 Å². The zero-order valence-corrected chi connectivity index (χ0v) is 50.4. The van der Waals surface area contributed by atoms with Crippen molar-refractivity contribution in [1.29, 1.82) is 10.5 Å². The van der Waals surface area contributed by atoms with Crippen LogP contribution in [0.4, 0.5) is 0 Å². The SMILES string of the molecule is N#Cc1ccc2c(c1)c1cc(C#N)ccc1n2-c1cnc2c(c1)C1(c3cc(-n4c5ccccc5c5cc(-n6c7ccccc7c7ccccc76)ccc54)ccc3Oc3ccc(-n4c5ccccc5c5ccncc54)cc31)c1cc(-n3c4ccccc4c4ccccc43)cnc1-2. The van der Waals surface area contributed by atoms with Gasteiger partial charge in [0.2, 0.25) is 0 Å². The molecule has 1 aliphatic carbocycles. The van der Waals surface area contributed by atoms with E-state index in [0.717, 1.165) is 160 Å². The van der Waals surface area contributed by atoms with Gasteiger partial charge in [-0.2, -0.15) is 10.5 Å². The molecule has 0 saturated carbocycles. The molecule has 11 nitrogen and oxygen atoms in total. The lowest BCUT2D eigenvalue weighted by Crippen LogP contribution is -2.33. The van der Waals surface area contributed by atoms with Crippen LogP contribution in [0.15, 0.2) is 280 Å². The number of rotatable bonds is 5. The molecule has 1 aliphatic heterocycles. The summed E-state index contributed by atoms with van der Waals surface area (Å²) in [4.78, 5) is 16.0. The summed E-state index contributed by atoms with van der Waals surface area (Å²) in [5, 5.41) is 31.5. The van der Waals surface area contributed by atoms with Gasteiger partial charge >= 0.3 is 0 Å². The van der Waals surface area contributed by atoms with Gasteiger partial charge in [-0.15, -0.1) is 0 Å². The van der Waals surface area contributed by atoms with Crippen LogP contribution in [0.3, 0.4) is 0 Å². The fraction of sp³-hybridized carbons (Fsp3) is 0.0119. The van der Waals surface area contributed by atoms with Crippen molar-refractivity contribution in [3.8, 4) is 63.5 Å². The number of benzene rings is 11. The van der Waals surface area contributed by atoms with Crippen LogP contribution < -0.4 is 4.74 Å². The zero-order valence-electron chi connectivity index (χ0n) is 50.4. The Bertz CT molecular complexity index is 6530. The number of nitriles is 2. The van der Waals surface area contributed by atoms with Crippen molar-refractivity contribution in [3.63, 3.8) is 0 Å². The second kappa shape index (κ2) is 18.9. The molecule has 8 aromatic heterocycles. The summed E-state index contributed by atoms with van der Waals surface area (Å²) in [6, 6.07) is 95.2. The molecule has 0 fully saturated rings. The fourth-order valence-corrected chi connectivity index (χ4v) is 16.5. The molecule has 9 heterocycles. The third-order valence-corrected chi connectivity index (χ3v) is 20.3. The third-order valence-electron chi connectivity index (χ3n) is 20.3. The minimum absolute atomic E-state index is 0.526. The van der Waals surface area contributed by atoms with Gasteiger partial charge in [0, 0.05) is 99.4 Å². The van der Waals surface area contributed by atoms with E-state index in [4.69, 9.17) is 19.7 Å². The van der Waals surface area contributed by atoms with Crippen molar-refractivity contribution >= 4 is 109 Å². The highest BCUT2D eigenvalue weighted by atomic mass is 16.5. The van der Waals surface area contributed by atoms with Gasteiger partial charge in [0.25, 0.3) is 0 Å². The zero-order chi connectivity index (χ0) is 62.4. The first-order valence-corrected chi connectivity index (χ1v) is 31.7. The maximum Gasteiger partial charge on any atom is 0.132 e. The Hall–Kier alpha value is -13.4. The van der Waals surface area contributed by atoms with E-state index in [-0.39, 0.29) is 0 Å². The fourth-order valence-electron chi connectivity index (χ4n) is 16.5. The molecule has 438 valence electrons. The number of ether oxygens (including phenoxy) is 1. The first-order valence-electron chi connectivity index (χ1n) is 31.7. The van der Waals surface area contributed by atoms with E-state index in [1.54, 1.807) is 0 Å². The number of fused-ring (bicyclic) bond motifs is 24. The normalized spacial score (nSPS) is 14.0. The van der Waals surface area contributed by atoms with E-state index >= 15 is 0 Å². The van der Waals surface area contributed by atoms with Crippen molar-refractivity contribution in [3.05, 3.63) is 313 Å². The predicted octanol–water partition coefficient (Wildman–Crippen LogP) is 19.6. The highest BCUT2D eigenvalue weighted by Gasteiger charge is 2.54. The van der Waals surface area contributed by atoms with Gasteiger partial charge in [0.05, 0.1) is 125 Å². The Labute approximate surface area is 540 Å². The van der Waals surface area contributed by atoms with Gasteiger partial charge in [-0.05, 0) is 146 Å². The lowest BCUT2D eigenvalue weighted by atomic mass is 9.66. The molecule has 11 heteroatoms. The number of hydrogen-bond acceptors (Lipinski definition) is 6. The molecule has 1 atom stereocenters. The Morgan fingerprint density at radius 1 is 0.284 bits per heavy atom. The van der Waals surface area contributed by atoms with Gasteiger partial charge < -0.3 is 27.6 Å². The molecule has 95 heavy (non-hydrogen) atoms. The molecule has 0 radical (unpaired) electrons. The van der Waals surface area contributed by atoms with Crippen molar-refractivity contribution in [2.24, 2.45) is 0 Å². The largest absolute Gasteiger partial charge is 0.457 e. The van der Waals surface area contributed by atoms with Crippen molar-refractivity contribution in [1.82, 2.24) is 37.8 Å². The number of para-hydroxylation sites is 6. The van der Waals surface area contributed by atoms with E-state index in [1.807, 2.05) is 61.2 Å². The number of aromatic nitrogens is 8. The Kier molecular flexibility index (Phi) is 10.2. The molecule has 0 bridgehead atoms. The lowest BCUT2D eigenvalue weighted by molar-refractivity contribution is 0.436. The summed E-state index contributed by atoms with van der Waals surface area (Å²) in [6.45, 7) is 0. The molecule has 11 aromatic carbocycles. The molecule has 1 unspecified atom stereocenters. The first kappa shape index (κ1) is 51.4. The molecule has 1 spiro atoms. The van der Waals surface area contributed by atoms with Crippen molar-refractivity contribution < 1.29 is 4.74 Å². The summed E-state index contributed by atoms with van der Waals surface area (Å²) in [5.74, 6) is 1.39. The lowest BCUT2D eigenvalue weighted by Gasteiger charge is -2.39. The average Bonchev–Trinajstić information content (AvgIpc) is 1.57.